The number of morpholine rings is 1. The van der Waals surface area contributed by atoms with Gasteiger partial charge in [-0.15, -0.1) is 0 Å². The number of anilines is 1. The topological polar surface area (TPSA) is 58.6 Å². The minimum absolute atomic E-state index is 0.186. The summed E-state index contributed by atoms with van der Waals surface area (Å²) in [7, 11) is 0. The number of ether oxygens (including phenoxy) is 1. The smallest absolute Gasteiger partial charge is 0.322 e. The van der Waals surface area contributed by atoms with Crippen LogP contribution in [0.15, 0.2) is 18.2 Å². The zero-order chi connectivity index (χ0) is 14.5. The second-order valence-corrected chi connectivity index (χ2v) is 5.15. The van der Waals surface area contributed by atoms with Crippen molar-refractivity contribution >= 4 is 18.0 Å². The highest BCUT2D eigenvalue weighted by atomic mass is 16.5. The predicted molar refractivity (Wildman–Crippen MR) is 77.3 cm³/mol. The molecule has 0 unspecified atom stereocenters. The third-order valence-corrected chi connectivity index (χ3v) is 3.41. The number of nitrogens with one attached hydrogen (secondary N) is 1. The molecule has 1 N–H and O–H groups in total. The molecule has 2 rings (SSSR count). The van der Waals surface area contributed by atoms with E-state index < -0.39 is 0 Å². The van der Waals surface area contributed by atoms with Gasteiger partial charge < -0.3 is 15.0 Å². The van der Waals surface area contributed by atoms with Gasteiger partial charge in [-0.2, -0.15) is 0 Å². The molecule has 0 atom stereocenters. The average Bonchev–Trinajstić information content (AvgIpc) is 2.48. The normalized spacial score (nSPS) is 15.2. The summed E-state index contributed by atoms with van der Waals surface area (Å²) in [6, 6.07) is 5.37. The molecule has 1 aromatic rings. The van der Waals surface area contributed by atoms with Crippen molar-refractivity contribution < 1.29 is 14.3 Å². The predicted octanol–water partition coefficient (Wildman–Crippen LogP) is 2.49. The van der Waals surface area contributed by atoms with Crippen molar-refractivity contribution in [1.29, 1.82) is 0 Å². The lowest BCUT2D eigenvalue weighted by Crippen LogP contribution is -2.43. The molecule has 1 fully saturated rings. The summed E-state index contributed by atoms with van der Waals surface area (Å²) in [5.74, 6) is 0.345. The van der Waals surface area contributed by atoms with Crippen LogP contribution in [0.1, 0.15) is 35.7 Å². The SMILES string of the molecule is CC(C)c1ccc(NC(=O)N2CCOCC2)c(C=O)c1. The van der Waals surface area contributed by atoms with E-state index >= 15 is 0 Å². The Kier molecular flexibility index (Phi) is 4.74. The van der Waals surface area contributed by atoms with Gasteiger partial charge >= 0.3 is 6.03 Å². The zero-order valence-corrected chi connectivity index (χ0v) is 11.9. The van der Waals surface area contributed by atoms with E-state index in [2.05, 4.69) is 19.2 Å². The molecule has 20 heavy (non-hydrogen) atoms. The first-order chi connectivity index (χ1) is 9.61. The summed E-state index contributed by atoms with van der Waals surface area (Å²) in [6.45, 7) is 6.39. The molecule has 5 heteroatoms. The third-order valence-electron chi connectivity index (χ3n) is 3.41. The summed E-state index contributed by atoms with van der Waals surface area (Å²) in [6.07, 6.45) is 0.779. The van der Waals surface area contributed by atoms with Crippen molar-refractivity contribution in [3.05, 3.63) is 29.3 Å². The molecule has 1 aliphatic heterocycles. The number of rotatable bonds is 3. The number of carbonyl (C=O) groups is 2. The molecule has 2 amide bonds. The number of nitrogens with zero attached hydrogens (tertiary/aromatic N) is 1. The highest BCUT2D eigenvalue weighted by Crippen LogP contribution is 2.21. The van der Waals surface area contributed by atoms with Crippen LogP contribution in [0, 0.1) is 0 Å². The summed E-state index contributed by atoms with van der Waals surface area (Å²) in [4.78, 5) is 25.0. The van der Waals surface area contributed by atoms with Crippen LogP contribution in [0.25, 0.3) is 0 Å². The molecule has 0 aromatic heterocycles. The van der Waals surface area contributed by atoms with E-state index in [9.17, 15) is 9.59 Å². The fraction of sp³-hybridized carbons (Fsp3) is 0.467. The number of hydrogen-bond donors (Lipinski definition) is 1. The van der Waals surface area contributed by atoms with Crippen LogP contribution < -0.4 is 5.32 Å². The monoisotopic (exact) mass is 276 g/mol. The molecule has 0 bridgehead atoms. The molecule has 0 radical (unpaired) electrons. The molecule has 1 aliphatic rings. The number of aldehydes is 1. The number of benzene rings is 1. The second kappa shape index (κ2) is 6.52. The maximum atomic E-state index is 12.1. The summed E-state index contributed by atoms with van der Waals surface area (Å²) >= 11 is 0. The van der Waals surface area contributed by atoms with Gasteiger partial charge in [0.05, 0.1) is 18.9 Å². The standard InChI is InChI=1S/C15H20N2O3/c1-11(2)12-3-4-14(13(9-12)10-18)16-15(19)17-5-7-20-8-6-17/h3-4,9-11H,5-8H2,1-2H3,(H,16,19). The van der Waals surface area contributed by atoms with Crippen LogP contribution in [-0.2, 0) is 4.74 Å². The Morgan fingerprint density at radius 1 is 1.35 bits per heavy atom. The first-order valence-electron chi connectivity index (χ1n) is 6.84. The van der Waals surface area contributed by atoms with Gasteiger partial charge in [0.2, 0.25) is 0 Å². The first-order valence-corrected chi connectivity index (χ1v) is 6.84. The summed E-state index contributed by atoms with van der Waals surface area (Å²) in [5, 5.41) is 2.80. The lowest BCUT2D eigenvalue weighted by atomic mass is 10.00. The summed E-state index contributed by atoms with van der Waals surface area (Å²) in [5.41, 5.74) is 2.15. The molecule has 0 aliphatic carbocycles. The van der Waals surface area contributed by atoms with E-state index in [0.29, 0.717) is 43.5 Å². The van der Waals surface area contributed by atoms with Gasteiger partial charge in [0, 0.05) is 18.7 Å². The van der Waals surface area contributed by atoms with Crippen LogP contribution in [0.3, 0.4) is 0 Å². The van der Waals surface area contributed by atoms with Gasteiger partial charge in [0.15, 0.2) is 6.29 Å². The maximum Gasteiger partial charge on any atom is 0.322 e. The van der Waals surface area contributed by atoms with Gasteiger partial charge in [-0.3, -0.25) is 4.79 Å². The molecule has 0 saturated carbocycles. The van der Waals surface area contributed by atoms with Crippen molar-refractivity contribution in [2.75, 3.05) is 31.6 Å². The van der Waals surface area contributed by atoms with Crippen LogP contribution >= 0.6 is 0 Å². The van der Waals surface area contributed by atoms with E-state index in [1.807, 2.05) is 12.1 Å². The largest absolute Gasteiger partial charge is 0.378 e. The Labute approximate surface area is 118 Å². The Balaban J connectivity index is 2.11. The third kappa shape index (κ3) is 3.36. The average molecular weight is 276 g/mol. The molecule has 1 aromatic carbocycles. The van der Waals surface area contributed by atoms with Gasteiger partial charge in [-0.1, -0.05) is 19.9 Å². The minimum atomic E-state index is -0.186. The highest BCUT2D eigenvalue weighted by Gasteiger charge is 2.18. The van der Waals surface area contributed by atoms with Crippen LogP contribution in [0.4, 0.5) is 10.5 Å². The van der Waals surface area contributed by atoms with Crippen molar-refractivity contribution in [2.24, 2.45) is 0 Å². The van der Waals surface area contributed by atoms with E-state index in [-0.39, 0.29) is 6.03 Å². The van der Waals surface area contributed by atoms with Crippen molar-refractivity contribution in [1.82, 2.24) is 4.90 Å². The Hall–Kier alpha value is -1.88. The van der Waals surface area contributed by atoms with Gasteiger partial charge in [0.1, 0.15) is 0 Å². The number of urea groups is 1. The van der Waals surface area contributed by atoms with E-state index in [1.165, 1.54) is 0 Å². The first kappa shape index (κ1) is 14.5. The minimum Gasteiger partial charge on any atom is -0.378 e. The molecule has 1 saturated heterocycles. The van der Waals surface area contributed by atoms with Crippen molar-refractivity contribution in [3.8, 4) is 0 Å². The number of hydrogen-bond acceptors (Lipinski definition) is 3. The van der Waals surface area contributed by atoms with Gasteiger partial charge in [-0.25, -0.2) is 4.79 Å². The number of amides is 2. The van der Waals surface area contributed by atoms with Gasteiger partial charge in [-0.05, 0) is 23.6 Å². The molecule has 0 spiro atoms. The Morgan fingerprint density at radius 2 is 2.05 bits per heavy atom. The molecular weight excluding hydrogens is 256 g/mol. The zero-order valence-electron chi connectivity index (χ0n) is 11.9. The van der Waals surface area contributed by atoms with Gasteiger partial charge in [0.25, 0.3) is 0 Å². The Bertz CT molecular complexity index is 494. The van der Waals surface area contributed by atoms with Crippen molar-refractivity contribution in [2.45, 2.75) is 19.8 Å². The molecule has 108 valence electrons. The molecule has 1 heterocycles. The summed E-state index contributed by atoms with van der Waals surface area (Å²) < 4.78 is 5.21. The van der Waals surface area contributed by atoms with E-state index in [1.54, 1.807) is 11.0 Å². The quantitative estimate of drug-likeness (QED) is 0.863. The lowest BCUT2D eigenvalue weighted by Gasteiger charge is -2.27. The Morgan fingerprint density at radius 3 is 2.65 bits per heavy atom. The van der Waals surface area contributed by atoms with E-state index in [0.717, 1.165) is 11.8 Å². The van der Waals surface area contributed by atoms with Crippen LogP contribution in [-0.4, -0.2) is 43.5 Å². The lowest BCUT2D eigenvalue weighted by molar-refractivity contribution is 0.0564. The second-order valence-electron chi connectivity index (χ2n) is 5.15. The molecule has 5 nitrogen and oxygen atoms in total. The van der Waals surface area contributed by atoms with Crippen LogP contribution in [0.5, 0.6) is 0 Å². The maximum absolute atomic E-state index is 12.1. The molecular formula is C15H20N2O3. The van der Waals surface area contributed by atoms with E-state index in [4.69, 9.17) is 4.74 Å². The van der Waals surface area contributed by atoms with Crippen LogP contribution in [0.2, 0.25) is 0 Å². The number of carbonyl (C=O) groups excluding carboxylic acids is 2. The van der Waals surface area contributed by atoms with Crippen molar-refractivity contribution in [3.63, 3.8) is 0 Å². The fourth-order valence-corrected chi connectivity index (χ4v) is 2.11. The fourth-order valence-electron chi connectivity index (χ4n) is 2.11. The highest BCUT2D eigenvalue weighted by molar-refractivity contribution is 5.95.